The lowest BCUT2D eigenvalue weighted by Gasteiger charge is -2.20. The van der Waals surface area contributed by atoms with Gasteiger partial charge in [0.25, 0.3) is 11.8 Å². The highest BCUT2D eigenvalue weighted by molar-refractivity contribution is 6.13. The van der Waals surface area contributed by atoms with Gasteiger partial charge in [-0.25, -0.2) is 4.98 Å². The summed E-state index contributed by atoms with van der Waals surface area (Å²) in [6.45, 7) is 3.79. The molecule has 1 unspecified atom stereocenters. The first-order valence-electron chi connectivity index (χ1n) is 10.6. The summed E-state index contributed by atoms with van der Waals surface area (Å²) in [5.41, 5.74) is 3.70. The van der Waals surface area contributed by atoms with Crippen molar-refractivity contribution in [3.8, 4) is 5.88 Å². The van der Waals surface area contributed by atoms with Crippen LogP contribution in [0.1, 0.15) is 22.5 Å². The maximum absolute atomic E-state index is 13.2. The lowest BCUT2D eigenvalue weighted by atomic mass is 10.1. The van der Waals surface area contributed by atoms with Gasteiger partial charge < -0.3 is 20.3 Å². The molecule has 166 valence electrons. The molecule has 1 saturated heterocycles. The van der Waals surface area contributed by atoms with Crippen molar-refractivity contribution in [1.29, 1.82) is 0 Å². The van der Waals surface area contributed by atoms with Crippen LogP contribution in [-0.2, 0) is 7.05 Å². The van der Waals surface area contributed by atoms with E-state index >= 15 is 0 Å². The van der Waals surface area contributed by atoms with E-state index in [0.717, 1.165) is 36.3 Å². The number of likely N-dealkylation sites (N-methyl/N-ethyl adjacent to an activating group) is 1. The Kier molecular flexibility index (Phi) is 4.93. The number of hydrogen-bond donors (Lipinski definition) is 2. The molecule has 0 bridgehead atoms. The van der Waals surface area contributed by atoms with E-state index in [0.29, 0.717) is 34.5 Å². The minimum Gasteiger partial charge on any atom is -0.478 e. The number of rotatable bonds is 5. The topological polar surface area (TPSA) is 102 Å². The maximum atomic E-state index is 13.2. The van der Waals surface area contributed by atoms with Crippen molar-refractivity contribution in [2.24, 2.45) is 7.05 Å². The first kappa shape index (κ1) is 20.3. The van der Waals surface area contributed by atoms with Crippen LogP contribution in [0.15, 0.2) is 30.7 Å². The summed E-state index contributed by atoms with van der Waals surface area (Å²) in [6, 6.07) is 4.31. The van der Waals surface area contributed by atoms with Gasteiger partial charge in [0, 0.05) is 49.6 Å². The van der Waals surface area contributed by atoms with Gasteiger partial charge in [0.05, 0.1) is 24.6 Å². The average Bonchev–Trinajstić information content (AvgIpc) is 3.49. The van der Waals surface area contributed by atoms with Crippen LogP contribution in [0.2, 0.25) is 0 Å². The number of aromatic nitrogens is 5. The van der Waals surface area contributed by atoms with Gasteiger partial charge in [0.15, 0.2) is 5.82 Å². The van der Waals surface area contributed by atoms with Crippen LogP contribution in [0.5, 0.6) is 5.88 Å². The van der Waals surface area contributed by atoms with Gasteiger partial charge in [0.2, 0.25) is 5.65 Å². The fourth-order valence-corrected chi connectivity index (χ4v) is 4.35. The molecule has 0 spiro atoms. The van der Waals surface area contributed by atoms with E-state index in [4.69, 9.17) is 4.74 Å². The number of imidazole rings is 1. The van der Waals surface area contributed by atoms with Crippen LogP contribution in [-0.4, -0.2) is 63.3 Å². The average molecular weight is 435 g/mol. The van der Waals surface area contributed by atoms with Gasteiger partial charge in [-0.1, -0.05) is 0 Å². The van der Waals surface area contributed by atoms with E-state index in [2.05, 4.69) is 30.6 Å². The maximum Gasteiger partial charge on any atom is 0.260 e. The number of nitrogens with one attached hydrogen (secondary N) is 2. The molecule has 0 radical (unpaired) electrons. The van der Waals surface area contributed by atoms with Crippen LogP contribution in [0.25, 0.3) is 16.6 Å². The van der Waals surface area contributed by atoms with E-state index in [9.17, 15) is 4.79 Å². The molecule has 10 nitrogen and oxygen atoms in total. The molecule has 0 saturated carbocycles. The zero-order valence-electron chi connectivity index (χ0n) is 18.6. The summed E-state index contributed by atoms with van der Waals surface area (Å²) < 4.78 is 8.90. The van der Waals surface area contributed by atoms with Crippen molar-refractivity contribution < 1.29 is 9.53 Å². The Bertz CT molecular complexity index is 1320. The molecule has 1 aliphatic rings. The van der Waals surface area contributed by atoms with E-state index in [1.54, 1.807) is 15.3 Å². The summed E-state index contributed by atoms with van der Waals surface area (Å²) in [5, 5.41) is 11.8. The van der Waals surface area contributed by atoms with Crippen LogP contribution in [0.4, 0.5) is 11.5 Å². The second kappa shape index (κ2) is 7.79. The molecule has 2 N–H and O–H groups in total. The van der Waals surface area contributed by atoms with Gasteiger partial charge >= 0.3 is 0 Å². The van der Waals surface area contributed by atoms with Gasteiger partial charge in [-0.3, -0.25) is 13.9 Å². The summed E-state index contributed by atoms with van der Waals surface area (Å²) in [6.07, 6.45) is 6.64. The van der Waals surface area contributed by atoms with E-state index in [1.807, 2.05) is 45.5 Å². The largest absolute Gasteiger partial charge is 0.478 e. The number of fused-ring (bicyclic) bond motifs is 2. The molecule has 1 fully saturated rings. The lowest BCUT2D eigenvalue weighted by molar-refractivity contribution is 0.102. The highest BCUT2D eigenvalue weighted by Crippen LogP contribution is 2.31. The molecule has 1 aromatic carbocycles. The Morgan fingerprint density at radius 2 is 2.06 bits per heavy atom. The monoisotopic (exact) mass is 434 g/mol. The number of hydrogen-bond acceptors (Lipinski definition) is 7. The SMILES string of the molecule is CNC1CCN(c2ccc(C(=O)Nc3cn4cc(C)nc4c(OC)n3)c3nn(C)cc23)C1. The summed E-state index contributed by atoms with van der Waals surface area (Å²) in [4.78, 5) is 24.4. The number of carbonyl (C=O) groups excluding carboxylic acids is 1. The van der Waals surface area contributed by atoms with Crippen molar-refractivity contribution in [3.63, 3.8) is 0 Å². The quantitative estimate of drug-likeness (QED) is 0.495. The third kappa shape index (κ3) is 3.42. The Labute approximate surface area is 185 Å². The second-order valence-electron chi connectivity index (χ2n) is 8.12. The Balaban J connectivity index is 1.49. The van der Waals surface area contributed by atoms with Crippen LogP contribution in [0, 0.1) is 6.92 Å². The van der Waals surface area contributed by atoms with Crippen molar-refractivity contribution in [1.82, 2.24) is 29.5 Å². The highest BCUT2D eigenvalue weighted by Gasteiger charge is 2.25. The summed E-state index contributed by atoms with van der Waals surface area (Å²) in [7, 11) is 5.39. The van der Waals surface area contributed by atoms with Gasteiger partial charge in [-0.15, -0.1) is 0 Å². The van der Waals surface area contributed by atoms with Gasteiger partial charge in [-0.2, -0.15) is 10.1 Å². The summed E-state index contributed by atoms with van der Waals surface area (Å²) in [5.74, 6) is 0.448. The standard InChI is InChI=1S/C22H26N8O2/c1-13-9-30-12-18(26-22(32-4)20(30)24-13)25-21(31)15-5-6-17(16-11-28(3)27-19(15)16)29-8-7-14(10-29)23-2/h5-6,9,11-12,14,23H,7-8,10H2,1-4H3,(H,25,31). The number of ether oxygens (including phenoxy) is 1. The Hall–Kier alpha value is -3.66. The summed E-state index contributed by atoms with van der Waals surface area (Å²) >= 11 is 0. The first-order chi connectivity index (χ1) is 15.5. The zero-order chi connectivity index (χ0) is 22.4. The van der Waals surface area contributed by atoms with Crippen molar-refractivity contribution in [2.75, 3.05) is 37.5 Å². The molecule has 10 heteroatoms. The Morgan fingerprint density at radius 1 is 1.22 bits per heavy atom. The molecule has 0 aliphatic carbocycles. The first-order valence-corrected chi connectivity index (χ1v) is 10.6. The molecule has 4 aromatic rings. The van der Waals surface area contributed by atoms with Crippen LogP contribution >= 0.6 is 0 Å². The van der Waals surface area contributed by atoms with Crippen molar-refractivity contribution >= 4 is 34.0 Å². The molecule has 4 heterocycles. The molecular formula is C22H26N8O2. The number of methoxy groups -OCH3 is 1. The molecule has 1 atom stereocenters. The molecular weight excluding hydrogens is 408 g/mol. The number of amides is 1. The highest BCUT2D eigenvalue weighted by atomic mass is 16.5. The van der Waals surface area contributed by atoms with E-state index in [-0.39, 0.29) is 5.91 Å². The van der Waals surface area contributed by atoms with E-state index in [1.165, 1.54) is 7.11 Å². The normalized spacial score (nSPS) is 16.2. The van der Waals surface area contributed by atoms with E-state index < -0.39 is 0 Å². The van der Waals surface area contributed by atoms with Crippen molar-refractivity contribution in [3.05, 3.63) is 42.0 Å². The third-order valence-electron chi connectivity index (χ3n) is 5.91. The second-order valence-corrected chi connectivity index (χ2v) is 8.12. The fourth-order valence-electron chi connectivity index (χ4n) is 4.35. The third-order valence-corrected chi connectivity index (χ3v) is 5.91. The molecule has 1 aliphatic heterocycles. The van der Waals surface area contributed by atoms with Crippen LogP contribution in [0.3, 0.4) is 0 Å². The number of carbonyl (C=O) groups is 1. The van der Waals surface area contributed by atoms with Gasteiger partial charge in [0.1, 0.15) is 5.52 Å². The number of aryl methyl sites for hydroxylation is 2. The molecule has 1 amide bonds. The predicted molar refractivity (Wildman–Crippen MR) is 123 cm³/mol. The predicted octanol–water partition coefficient (Wildman–Crippen LogP) is 1.98. The lowest BCUT2D eigenvalue weighted by Crippen LogP contribution is -2.29. The number of nitrogens with zero attached hydrogens (tertiary/aromatic N) is 6. The number of anilines is 2. The minimum absolute atomic E-state index is 0.277. The molecule has 3 aromatic heterocycles. The smallest absolute Gasteiger partial charge is 0.260 e. The zero-order valence-corrected chi connectivity index (χ0v) is 18.6. The number of benzene rings is 1. The Morgan fingerprint density at radius 3 is 2.81 bits per heavy atom. The minimum atomic E-state index is -0.277. The fraction of sp³-hybridized carbons (Fsp3) is 0.364. The molecule has 5 rings (SSSR count). The molecule has 32 heavy (non-hydrogen) atoms. The van der Waals surface area contributed by atoms with Crippen molar-refractivity contribution in [2.45, 2.75) is 19.4 Å². The van der Waals surface area contributed by atoms with Gasteiger partial charge in [-0.05, 0) is 32.5 Å². The van der Waals surface area contributed by atoms with Crippen LogP contribution < -0.4 is 20.3 Å².